The van der Waals surface area contributed by atoms with Crippen LogP contribution in [0.2, 0.25) is 0 Å². The molecule has 2 heterocycles. The van der Waals surface area contributed by atoms with Crippen molar-refractivity contribution in [2.45, 2.75) is 18.3 Å². The van der Waals surface area contributed by atoms with Crippen LogP contribution in [0.5, 0.6) is 0 Å². The zero-order valence-electron chi connectivity index (χ0n) is 13.6. The van der Waals surface area contributed by atoms with Gasteiger partial charge in [0.05, 0.1) is 11.1 Å². The van der Waals surface area contributed by atoms with Crippen molar-refractivity contribution >= 4 is 44.2 Å². The standard InChI is InChI=1S/C18H15BrN4O2S/c19-12-3-1-11(2-4-12)18(5-6-18)16(25)23-17-22-14(9-26-17)10-7-13(15(20)24)21-8-10/h1-4,7-9,21H,5-6H2,(H2,20,24)(H,22,23,25). The second kappa shape index (κ2) is 6.37. The van der Waals surface area contributed by atoms with Gasteiger partial charge >= 0.3 is 0 Å². The van der Waals surface area contributed by atoms with E-state index in [0.717, 1.165) is 28.4 Å². The van der Waals surface area contributed by atoms with E-state index < -0.39 is 11.3 Å². The van der Waals surface area contributed by atoms with Gasteiger partial charge in [-0.25, -0.2) is 4.98 Å². The van der Waals surface area contributed by atoms with E-state index in [1.165, 1.54) is 11.3 Å². The molecule has 0 aliphatic heterocycles. The minimum Gasteiger partial charge on any atom is -0.364 e. The molecule has 2 amide bonds. The number of H-pyrrole nitrogens is 1. The molecule has 1 saturated carbocycles. The zero-order valence-corrected chi connectivity index (χ0v) is 16.0. The van der Waals surface area contributed by atoms with Gasteiger partial charge in [0.15, 0.2) is 5.13 Å². The van der Waals surface area contributed by atoms with Crippen molar-refractivity contribution < 1.29 is 9.59 Å². The van der Waals surface area contributed by atoms with Crippen LogP contribution in [-0.4, -0.2) is 21.8 Å². The molecule has 26 heavy (non-hydrogen) atoms. The summed E-state index contributed by atoms with van der Waals surface area (Å²) < 4.78 is 0.990. The highest BCUT2D eigenvalue weighted by Gasteiger charge is 2.51. The molecule has 4 N–H and O–H groups in total. The highest BCUT2D eigenvalue weighted by atomic mass is 79.9. The number of nitrogens with two attached hydrogens (primary N) is 1. The Morgan fingerprint density at radius 3 is 2.62 bits per heavy atom. The summed E-state index contributed by atoms with van der Waals surface area (Å²) in [5, 5.41) is 5.31. The molecule has 1 aromatic carbocycles. The van der Waals surface area contributed by atoms with E-state index in [4.69, 9.17) is 5.73 Å². The minimum atomic E-state index is -0.523. The van der Waals surface area contributed by atoms with Crippen LogP contribution in [0.3, 0.4) is 0 Å². The van der Waals surface area contributed by atoms with E-state index in [9.17, 15) is 9.59 Å². The third-order valence-corrected chi connectivity index (χ3v) is 5.84. The number of hydrogen-bond acceptors (Lipinski definition) is 4. The van der Waals surface area contributed by atoms with Crippen LogP contribution in [0.1, 0.15) is 28.9 Å². The fourth-order valence-electron chi connectivity index (χ4n) is 2.91. The van der Waals surface area contributed by atoms with E-state index in [1.54, 1.807) is 12.3 Å². The van der Waals surface area contributed by atoms with Crippen molar-refractivity contribution in [1.29, 1.82) is 0 Å². The number of primary amides is 1. The molecular formula is C18H15BrN4O2S. The van der Waals surface area contributed by atoms with Crippen molar-refractivity contribution in [3.05, 3.63) is 57.6 Å². The van der Waals surface area contributed by atoms with Gasteiger partial charge in [0.2, 0.25) is 5.91 Å². The lowest BCUT2D eigenvalue weighted by Gasteiger charge is -2.14. The number of thiazole rings is 1. The number of nitrogens with zero attached hydrogens (tertiary/aromatic N) is 1. The third-order valence-electron chi connectivity index (χ3n) is 4.55. The Kier molecular flexibility index (Phi) is 4.16. The first-order valence-electron chi connectivity index (χ1n) is 7.99. The molecule has 4 rings (SSSR count). The molecule has 0 bridgehead atoms. The largest absolute Gasteiger partial charge is 0.364 e. The highest BCUT2D eigenvalue weighted by Crippen LogP contribution is 2.49. The number of nitrogens with one attached hydrogen (secondary N) is 2. The summed E-state index contributed by atoms with van der Waals surface area (Å²) in [5.74, 6) is -0.558. The summed E-state index contributed by atoms with van der Waals surface area (Å²) >= 11 is 4.77. The van der Waals surface area contributed by atoms with Gasteiger partial charge in [-0.05, 0) is 36.6 Å². The molecule has 8 heteroatoms. The van der Waals surface area contributed by atoms with E-state index in [2.05, 4.69) is 31.2 Å². The lowest BCUT2D eigenvalue weighted by molar-refractivity contribution is -0.118. The fraction of sp³-hybridized carbons (Fsp3) is 0.167. The van der Waals surface area contributed by atoms with Gasteiger partial charge in [-0.1, -0.05) is 28.1 Å². The summed E-state index contributed by atoms with van der Waals surface area (Å²) in [7, 11) is 0. The van der Waals surface area contributed by atoms with Crippen LogP contribution in [0.25, 0.3) is 11.3 Å². The summed E-state index contributed by atoms with van der Waals surface area (Å²) in [6, 6.07) is 9.51. The normalized spacial score (nSPS) is 14.8. The first-order chi connectivity index (χ1) is 12.5. The molecule has 0 radical (unpaired) electrons. The number of carbonyl (C=O) groups is 2. The maximum atomic E-state index is 12.8. The Morgan fingerprint density at radius 2 is 2.00 bits per heavy atom. The quantitative estimate of drug-likeness (QED) is 0.575. The molecule has 3 aromatic rings. The number of halogens is 1. The van der Waals surface area contributed by atoms with Crippen LogP contribution in [0, 0.1) is 0 Å². The molecule has 132 valence electrons. The first kappa shape index (κ1) is 17.0. The predicted octanol–water partition coefficient (Wildman–Crippen LogP) is 3.67. The molecule has 0 saturated heterocycles. The summed E-state index contributed by atoms with van der Waals surface area (Å²) in [4.78, 5) is 31.2. The van der Waals surface area contributed by atoms with Crippen molar-refractivity contribution in [1.82, 2.24) is 9.97 Å². The molecule has 2 aromatic heterocycles. The van der Waals surface area contributed by atoms with Gasteiger partial charge in [0.25, 0.3) is 5.91 Å². The minimum absolute atomic E-state index is 0.0346. The van der Waals surface area contributed by atoms with Crippen LogP contribution in [0.4, 0.5) is 5.13 Å². The van der Waals surface area contributed by atoms with Gasteiger partial charge in [-0.15, -0.1) is 11.3 Å². The highest BCUT2D eigenvalue weighted by molar-refractivity contribution is 9.10. The number of aromatic nitrogens is 2. The van der Waals surface area contributed by atoms with E-state index in [-0.39, 0.29) is 5.91 Å². The lowest BCUT2D eigenvalue weighted by atomic mass is 9.95. The van der Waals surface area contributed by atoms with Crippen molar-refractivity contribution in [2.24, 2.45) is 5.73 Å². The molecule has 1 aliphatic rings. The summed E-state index contributed by atoms with van der Waals surface area (Å²) in [5.41, 5.74) is 7.57. The van der Waals surface area contributed by atoms with E-state index in [0.29, 0.717) is 16.5 Å². The molecule has 0 spiro atoms. The number of aromatic amines is 1. The number of anilines is 1. The Hall–Kier alpha value is -2.45. The number of rotatable bonds is 5. The Labute approximate surface area is 162 Å². The number of benzene rings is 1. The van der Waals surface area contributed by atoms with Crippen LogP contribution in [0.15, 0.2) is 46.4 Å². The monoisotopic (exact) mass is 430 g/mol. The van der Waals surface area contributed by atoms with Crippen molar-refractivity contribution in [2.75, 3.05) is 5.32 Å². The van der Waals surface area contributed by atoms with Gasteiger partial charge in [0, 0.05) is 21.6 Å². The second-order valence-electron chi connectivity index (χ2n) is 6.25. The predicted molar refractivity (Wildman–Crippen MR) is 104 cm³/mol. The topological polar surface area (TPSA) is 101 Å². The van der Waals surface area contributed by atoms with Gasteiger partial charge in [0.1, 0.15) is 5.69 Å². The third kappa shape index (κ3) is 3.06. The smallest absolute Gasteiger partial charge is 0.265 e. The maximum absolute atomic E-state index is 12.8. The maximum Gasteiger partial charge on any atom is 0.265 e. The Bertz CT molecular complexity index is 989. The van der Waals surface area contributed by atoms with Crippen molar-refractivity contribution in [3.8, 4) is 11.3 Å². The van der Waals surface area contributed by atoms with Gasteiger partial charge < -0.3 is 16.0 Å². The molecule has 6 nitrogen and oxygen atoms in total. The summed E-state index contributed by atoms with van der Waals surface area (Å²) in [6.45, 7) is 0. The SMILES string of the molecule is NC(=O)c1cc(-c2csc(NC(=O)C3(c4ccc(Br)cc4)CC3)n2)c[nH]1. The molecular weight excluding hydrogens is 416 g/mol. The molecule has 1 aliphatic carbocycles. The zero-order chi connectivity index (χ0) is 18.3. The second-order valence-corrected chi connectivity index (χ2v) is 8.02. The molecule has 1 fully saturated rings. The molecule has 0 unspecified atom stereocenters. The molecule has 0 atom stereocenters. The van der Waals surface area contributed by atoms with Crippen LogP contribution in [-0.2, 0) is 10.2 Å². The van der Waals surface area contributed by atoms with E-state index in [1.807, 2.05) is 29.6 Å². The van der Waals surface area contributed by atoms with Crippen molar-refractivity contribution in [3.63, 3.8) is 0 Å². The Morgan fingerprint density at radius 1 is 1.27 bits per heavy atom. The lowest BCUT2D eigenvalue weighted by Crippen LogP contribution is -2.27. The average molecular weight is 431 g/mol. The van der Waals surface area contributed by atoms with Gasteiger partial charge in [-0.2, -0.15) is 0 Å². The van der Waals surface area contributed by atoms with Crippen LogP contribution >= 0.6 is 27.3 Å². The van der Waals surface area contributed by atoms with E-state index >= 15 is 0 Å². The fourth-order valence-corrected chi connectivity index (χ4v) is 3.88. The van der Waals surface area contributed by atoms with Gasteiger partial charge in [-0.3, -0.25) is 9.59 Å². The number of hydrogen-bond donors (Lipinski definition) is 3. The summed E-state index contributed by atoms with van der Waals surface area (Å²) in [6.07, 6.45) is 3.34. The first-order valence-corrected chi connectivity index (χ1v) is 9.67. The average Bonchev–Trinajstić information content (AvgIpc) is 3.05. The van der Waals surface area contributed by atoms with Crippen LogP contribution < -0.4 is 11.1 Å². The Balaban J connectivity index is 1.51. The number of amides is 2. The number of carbonyl (C=O) groups excluding carboxylic acids is 2.